The van der Waals surface area contributed by atoms with Crippen LogP contribution >= 0.6 is 0 Å². The van der Waals surface area contributed by atoms with Gasteiger partial charge >= 0.3 is 5.97 Å². The van der Waals surface area contributed by atoms with E-state index in [1.165, 1.54) is 14.2 Å². The fourth-order valence-corrected chi connectivity index (χ4v) is 2.48. The Hall–Kier alpha value is -0.700. The van der Waals surface area contributed by atoms with Gasteiger partial charge < -0.3 is 9.47 Å². The largest absolute Gasteiger partial charge is 0.469 e. The molecule has 1 aliphatic rings. The van der Waals surface area contributed by atoms with Crippen molar-refractivity contribution in [3.8, 4) is 0 Å². The van der Waals surface area contributed by atoms with E-state index in [1.54, 1.807) is 0 Å². The van der Waals surface area contributed by atoms with Gasteiger partial charge in [-0.1, -0.05) is 6.92 Å². The zero-order valence-electron chi connectivity index (χ0n) is 10.9. The first-order valence-electron chi connectivity index (χ1n) is 5.65. The highest BCUT2D eigenvalue weighted by Gasteiger charge is 2.35. The molecule has 0 unspecified atom stereocenters. The van der Waals surface area contributed by atoms with Crippen LogP contribution in [0.3, 0.4) is 0 Å². The maximum atomic E-state index is 11.8. The molecular formula is C10H20N2O5S. The van der Waals surface area contributed by atoms with Crippen molar-refractivity contribution in [3.05, 3.63) is 0 Å². The summed E-state index contributed by atoms with van der Waals surface area (Å²) in [6.45, 7) is 3.49. The molecule has 18 heavy (non-hydrogen) atoms. The quantitative estimate of drug-likeness (QED) is 0.627. The molecule has 1 aliphatic heterocycles. The minimum Gasteiger partial charge on any atom is -0.469 e. The number of ether oxygens (including phenoxy) is 2. The Labute approximate surface area is 108 Å². The van der Waals surface area contributed by atoms with Gasteiger partial charge in [-0.2, -0.15) is 12.7 Å². The van der Waals surface area contributed by atoms with Gasteiger partial charge in [-0.05, 0) is 0 Å². The van der Waals surface area contributed by atoms with Gasteiger partial charge in [0, 0.05) is 25.6 Å². The molecule has 1 fully saturated rings. The number of hydrogen-bond acceptors (Lipinski definition) is 5. The van der Waals surface area contributed by atoms with Crippen molar-refractivity contribution >= 4 is 16.2 Å². The van der Waals surface area contributed by atoms with Crippen LogP contribution in [0.1, 0.15) is 13.3 Å². The molecule has 0 radical (unpaired) electrons. The molecule has 1 N–H and O–H groups in total. The summed E-state index contributed by atoms with van der Waals surface area (Å²) in [7, 11) is -0.862. The predicted molar refractivity (Wildman–Crippen MR) is 65.1 cm³/mol. The normalized spacial score (nSPS) is 18.4. The van der Waals surface area contributed by atoms with Crippen molar-refractivity contribution in [2.24, 2.45) is 5.41 Å². The monoisotopic (exact) mass is 280 g/mol. The number of nitrogens with one attached hydrogen (secondary N) is 1. The second kappa shape index (κ2) is 5.96. The third kappa shape index (κ3) is 4.20. The van der Waals surface area contributed by atoms with E-state index in [9.17, 15) is 13.2 Å². The van der Waals surface area contributed by atoms with E-state index in [0.29, 0.717) is 19.8 Å². The Morgan fingerprint density at radius 3 is 2.56 bits per heavy atom. The van der Waals surface area contributed by atoms with Gasteiger partial charge in [-0.15, -0.1) is 0 Å². The summed E-state index contributed by atoms with van der Waals surface area (Å²) < 4.78 is 36.8. The van der Waals surface area contributed by atoms with E-state index in [-0.39, 0.29) is 18.4 Å². The SMILES string of the molecule is COC(=O)CCN(C)S(=O)(=O)NCC1(C)COC1. The maximum absolute atomic E-state index is 11.8. The molecule has 0 aromatic heterocycles. The number of carbonyl (C=O) groups is 1. The second-order valence-electron chi connectivity index (χ2n) is 4.78. The number of hydrogen-bond donors (Lipinski definition) is 1. The van der Waals surface area contributed by atoms with Gasteiger partial charge in [0.1, 0.15) is 0 Å². The van der Waals surface area contributed by atoms with Crippen molar-refractivity contribution < 1.29 is 22.7 Å². The number of nitrogens with zero attached hydrogens (tertiary/aromatic N) is 1. The van der Waals surface area contributed by atoms with Crippen LogP contribution in [0.4, 0.5) is 0 Å². The van der Waals surface area contributed by atoms with Gasteiger partial charge in [-0.25, -0.2) is 4.72 Å². The van der Waals surface area contributed by atoms with Crippen molar-refractivity contribution in [2.75, 3.05) is 40.5 Å². The third-order valence-electron chi connectivity index (χ3n) is 2.85. The molecule has 0 aromatic carbocycles. The average molecular weight is 280 g/mol. The fourth-order valence-electron chi connectivity index (χ4n) is 1.40. The van der Waals surface area contributed by atoms with Crippen LogP contribution in [0.5, 0.6) is 0 Å². The van der Waals surface area contributed by atoms with Crippen LogP contribution in [-0.2, 0) is 24.5 Å². The number of methoxy groups -OCH3 is 1. The molecule has 8 heteroatoms. The van der Waals surface area contributed by atoms with E-state index in [0.717, 1.165) is 4.31 Å². The summed E-state index contributed by atoms with van der Waals surface area (Å²) in [5.41, 5.74) is -0.129. The first-order valence-corrected chi connectivity index (χ1v) is 7.09. The average Bonchev–Trinajstić information content (AvgIpc) is 2.30. The van der Waals surface area contributed by atoms with Crippen molar-refractivity contribution in [3.63, 3.8) is 0 Å². The highest BCUT2D eigenvalue weighted by molar-refractivity contribution is 7.87. The summed E-state index contributed by atoms with van der Waals surface area (Å²) in [5.74, 6) is -0.434. The van der Waals surface area contributed by atoms with Crippen LogP contribution in [0.15, 0.2) is 0 Å². The van der Waals surface area contributed by atoms with Crippen molar-refractivity contribution in [1.29, 1.82) is 0 Å². The van der Waals surface area contributed by atoms with E-state index in [2.05, 4.69) is 9.46 Å². The minimum absolute atomic E-state index is 0.0360. The van der Waals surface area contributed by atoms with Crippen LogP contribution < -0.4 is 4.72 Å². The standard InChI is InChI=1S/C10H20N2O5S/c1-10(7-17-8-10)6-11-18(14,15)12(2)5-4-9(13)16-3/h11H,4-8H2,1-3H3. The highest BCUT2D eigenvalue weighted by atomic mass is 32.2. The first-order chi connectivity index (χ1) is 8.29. The van der Waals surface area contributed by atoms with Gasteiger partial charge in [-0.3, -0.25) is 4.79 Å². The first kappa shape index (κ1) is 15.4. The number of esters is 1. The Morgan fingerprint density at radius 1 is 1.50 bits per heavy atom. The number of rotatable bonds is 7. The lowest BCUT2D eigenvalue weighted by atomic mass is 9.89. The summed E-state index contributed by atoms with van der Waals surface area (Å²) in [6.07, 6.45) is 0.0360. The highest BCUT2D eigenvalue weighted by Crippen LogP contribution is 2.25. The molecule has 1 rings (SSSR count). The topological polar surface area (TPSA) is 84.9 Å². The van der Waals surface area contributed by atoms with Crippen LogP contribution in [0.2, 0.25) is 0 Å². The Bertz CT molecular complexity index is 391. The lowest BCUT2D eigenvalue weighted by Crippen LogP contribution is -2.51. The van der Waals surface area contributed by atoms with Crippen LogP contribution in [-0.4, -0.2) is 59.2 Å². The third-order valence-corrected chi connectivity index (χ3v) is 4.36. The van der Waals surface area contributed by atoms with Crippen molar-refractivity contribution in [2.45, 2.75) is 13.3 Å². The molecule has 7 nitrogen and oxygen atoms in total. The molecule has 0 atom stereocenters. The molecule has 1 heterocycles. The van der Waals surface area contributed by atoms with E-state index in [1.807, 2.05) is 6.92 Å². The molecule has 106 valence electrons. The zero-order valence-corrected chi connectivity index (χ0v) is 11.7. The fraction of sp³-hybridized carbons (Fsp3) is 0.900. The van der Waals surface area contributed by atoms with Gasteiger partial charge in [0.15, 0.2) is 0 Å². The molecule has 0 aromatic rings. The molecule has 0 amide bonds. The van der Waals surface area contributed by atoms with Gasteiger partial charge in [0.2, 0.25) is 0 Å². The van der Waals surface area contributed by atoms with Crippen LogP contribution in [0, 0.1) is 5.41 Å². The van der Waals surface area contributed by atoms with Gasteiger partial charge in [0.05, 0.1) is 26.7 Å². The van der Waals surface area contributed by atoms with E-state index < -0.39 is 16.2 Å². The van der Waals surface area contributed by atoms with Gasteiger partial charge in [0.25, 0.3) is 10.2 Å². The zero-order chi connectivity index (χ0) is 13.8. The predicted octanol–water partition coefficient (Wildman–Crippen LogP) is -0.648. The molecule has 0 saturated carbocycles. The summed E-state index contributed by atoms with van der Waals surface area (Å²) in [6, 6.07) is 0. The van der Waals surface area contributed by atoms with E-state index >= 15 is 0 Å². The molecule has 0 spiro atoms. The van der Waals surface area contributed by atoms with E-state index in [4.69, 9.17) is 4.74 Å². The summed E-state index contributed by atoms with van der Waals surface area (Å²) >= 11 is 0. The molecular weight excluding hydrogens is 260 g/mol. The molecule has 0 aliphatic carbocycles. The maximum Gasteiger partial charge on any atom is 0.306 e. The smallest absolute Gasteiger partial charge is 0.306 e. The Morgan fingerprint density at radius 2 is 2.11 bits per heavy atom. The molecule has 0 bridgehead atoms. The Balaban J connectivity index is 2.39. The lowest BCUT2D eigenvalue weighted by Gasteiger charge is -2.38. The number of carbonyl (C=O) groups excluding carboxylic acids is 1. The Kier molecular flexibility index (Phi) is 5.09. The molecule has 1 saturated heterocycles. The van der Waals surface area contributed by atoms with Crippen molar-refractivity contribution in [1.82, 2.24) is 9.03 Å². The second-order valence-corrected chi connectivity index (χ2v) is 6.64. The summed E-state index contributed by atoms with van der Waals surface area (Å²) in [5, 5.41) is 0. The summed E-state index contributed by atoms with van der Waals surface area (Å²) in [4.78, 5) is 10.9. The van der Waals surface area contributed by atoms with Crippen LogP contribution in [0.25, 0.3) is 0 Å². The minimum atomic E-state index is -3.55. The lowest BCUT2D eigenvalue weighted by molar-refractivity contribution is -0.140.